The van der Waals surface area contributed by atoms with Crippen molar-refractivity contribution in [3.05, 3.63) is 18.7 Å². The number of aliphatic imine (C=N–C) groups is 1. The molecule has 58 valence electrons. The third-order valence-electron chi connectivity index (χ3n) is 1.64. The molecule has 0 unspecified atom stereocenters. The van der Waals surface area contributed by atoms with Crippen LogP contribution in [0.25, 0.3) is 0 Å². The number of nitrogens with one attached hydrogen (secondary N) is 1. The SMILES string of the molecule is c1cn(CC2=NCCN2)cn1. The van der Waals surface area contributed by atoms with Gasteiger partial charge in [-0.2, -0.15) is 0 Å². The minimum absolute atomic E-state index is 0.819. The highest BCUT2D eigenvalue weighted by molar-refractivity contribution is 5.83. The van der Waals surface area contributed by atoms with Gasteiger partial charge < -0.3 is 9.88 Å². The smallest absolute Gasteiger partial charge is 0.117 e. The second kappa shape index (κ2) is 2.74. The molecule has 11 heavy (non-hydrogen) atoms. The standard InChI is InChI=1S/C7H10N4/c1-2-10-7(9-1)5-11-4-3-8-6-11/h3-4,6H,1-2,5H2,(H,9,10). The van der Waals surface area contributed by atoms with Gasteiger partial charge in [-0.15, -0.1) is 0 Å². The van der Waals surface area contributed by atoms with Crippen LogP contribution in [-0.2, 0) is 6.54 Å². The van der Waals surface area contributed by atoms with Gasteiger partial charge in [-0.3, -0.25) is 4.99 Å². The van der Waals surface area contributed by atoms with Gasteiger partial charge in [0.15, 0.2) is 0 Å². The van der Waals surface area contributed by atoms with Crippen LogP contribution in [0.1, 0.15) is 0 Å². The average Bonchev–Trinajstić information content (AvgIpc) is 2.60. The average molecular weight is 150 g/mol. The Hall–Kier alpha value is -1.32. The number of aromatic nitrogens is 2. The summed E-state index contributed by atoms with van der Waals surface area (Å²) in [5, 5.41) is 3.20. The molecular formula is C7H10N4. The summed E-state index contributed by atoms with van der Waals surface area (Å²) in [6.07, 6.45) is 5.50. The molecule has 4 nitrogen and oxygen atoms in total. The lowest BCUT2D eigenvalue weighted by atomic mass is 10.5. The molecule has 0 fully saturated rings. The maximum atomic E-state index is 4.27. The van der Waals surface area contributed by atoms with Crippen LogP contribution in [0.4, 0.5) is 0 Å². The van der Waals surface area contributed by atoms with Crippen molar-refractivity contribution in [2.45, 2.75) is 6.54 Å². The summed E-state index contributed by atoms with van der Waals surface area (Å²) in [7, 11) is 0. The van der Waals surface area contributed by atoms with E-state index >= 15 is 0 Å². The van der Waals surface area contributed by atoms with E-state index < -0.39 is 0 Å². The van der Waals surface area contributed by atoms with Crippen molar-refractivity contribution in [1.82, 2.24) is 14.9 Å². The highest BCUT2D eigenvalue weighted by Crippen LogP contribution is 1.91. The first kappa shape index (κ1) is 6.39. The second-order valence-electron chi connectivity index (χ2n) is 2.49. The van der Waals surface area contributed by atoms with Crippen molar-refractivity contribution < 1.29 is 0 Å². The predicted octanol–water partition coefficient (Wildman–Crippen LogP) is -0.115. The van der Waals surface area contributed by atoms with Gasteiger partial charge in [0.1, 0.15) is 5.84 Å². The fraction of sp³-hybridized carbons (Fsp3) is 0.429. The Morgan fingerprint density at radius 3 is 3.27 bits per heavy atom. The number of hydrogen-bond acceptors (Lipinski definition) is 3. The second-order valence-corrected chi connectivity index (χ2v) is 2.49. The van der Waals surface area contributed by atoms with E-state index in [1.54, 1.807) is 12.5 Å². The summed E-state index contributed by atoms with van der Waals surface area (Å²) in [4.78, 5) is 8.21. The Kier molecular flexibility index (Phi) is 1.59. The molecule has 1 aliphatic rings. The maximum absolute atomic E-state index is 4.27. The van der Waals surface area contributed by atoms with E-state index in [1.807, 2.05) is 10.8 Å². The zero-order valence-corrected chi connectivity index (χ0v) is 6.20. The summed E-state index contributed by atoms with van der Waals surface area (Å²) in [6.45, 7) is 2.70. The number of imidazole rings is 1. The summed E-state index contributed by atoms with van der Waals surface area (Å²) in [5.74, 6) is 1.06. The molecule has 0 amide bonds. The Bertz CT molecular complexity index is 249. The van der Waals surface area contributed by atoms with Crippen LogP contribution in [0.5, 0.6) is 0 Å². The van der Waals surface area contributed by atoms with Crippen molar-refractivity contribution in [3.63, 3.8) is 0 Å². The Morgan fingerprint density at radius 1 is 1.64 bits per heavy atom. The van der Waals surface area contributed by atoms with Crippen LogP contribution in [0, 0.1) is 0 Å². The zero-order chi connectivity index (χ0) is 7.52. The lowest BCUT2D eigenvalue weighted by Crippen LogP contribution is -2.22. The molecule has 0 saturated heterocycles. The molecule has 0 aliphatic carbocycles. The maximum Gasteiger partial charge on any atom is 0.117 e. The van der Waals surface area contributed by atoms with Gasteiger partial charge in [0, 0.05) is 18.9 Å². The molecule has 0 bridgehead atoms. The normalized spacial score (nSPS) is 16.2. The van der Waals surface area contributed by atoms with Crippen LogP contribution in [-0.4, -0.2) is 28.5 Å². The molecule has 1 aromatic heterocycles. The van der Waals surface area contributed by atoms with Gasteiger partial charge in [0.2, 0.25) is 0 Å². The number of rotatable bonds is 2. The van der Waals surface area contributed by atoms with Crippen LogP contribution in [0.3, 0.4) is 0 Å². The summed E-state index contributed by atoms with van der Waals surface area (Å²) < 4.78 is 2.00. The van der Waals surface area contributed by atoms with E-state index in [0.717, 1.165) is 25.5 Å². The van der Waals surface area contributed by atoms with Crippen LogP contribution >= 0.6 is 0 Å². The molecule has 2 rings (SSSR count). The lowest BCUT2D eigenvalue weighted by Gasteiger charge is -2.01. The van der Waals surface area contributed by atoms with Gasteiger partial charge in [-0.05, 0) is 0 Å². The fourth-order valence-electron chi connectivity index (χ4n) is 1.11. The summed E-state index contributed by atoms with van der Waals surface area (Å²) in [6, 6.07) is 0. The molecule has 0 radical (unpaired) electrons. The lowest BCUT2D eigenvalue weighted by molar-refractivity contribution is 0.826. The molecule has 0 atom stereocenters. The predicted molar refractivity (Wildman–Crippen MR) is 42.5 cm³/mol. The number of nitrogens with zero attached hydrogens (tertiary/aromatic N) is 3. The molecule has 4 heteroatoms. The van der Waals surface area contributed by atoms with Gasteiger partial charge in [0.05, 0.1) is 19.4 Å². The number of amidine groups is 1. The fourth-order valence-corrected chi connectivity index (χ4v) is 1.11. The Labute approximate surface area is 65.0 Å². The van der Waals surface area contributed by atoms with Crippen LogP contribution in [0.15, 0.2) is 23.7 Å². The number of hydrogen-bond donors (Lipinski definition) is 1. The molecule has 0 aromatic carbocycles. The van der Waals surface area contributed by atoms with Crippen molar-refractivity contribution in [1.29, 1.82) is 0 Å². The quantitative estimate of drug-likeness (QED) is 0.639. The van der Waals surface area contributed by atoms with E-state index in [0.29, 0.717) is 0 Å². The van der Waals surface area contributed by atoms with E-state index in [9.17, 15) is 0 Å². The van der Waals surface area contributed by atoms with Gasteiger partial charge in [-0.1, -0.05) is 0 Å². The zero-order valence-electron chi connectivity index (χ0n) is 6.20. The van der Waals surface area contributed by atoms with Gasteiger partial charge in [-0.25, -0.2) is 4.98 Å². The van der Waals surface area contributed by atoms with Crippen LogP contribution in [0.2, 0.25) is 0 Å². The molecule has 0 spiro atoms. The van der Waals surface area contributed by atoms with Gasteiger partial charge >= 0.3 is 0 Å². The topological polar surface area (TPSA) is 42.2 Å². The molecule has 2 heterocycles. The minimum atomic E-state index is 0.819. The van der Waals surface area contributed by atoms with Gasteiger partial charge in [0.25, 0.3) is 0 Å². The molecule has 0 saturated carbocycles. The van der Waals surface area contributed by atoms with Crippen LogP contribution < -0.4 is 5.32 Å². The van der Waals surface area contributed by atoms with E-state index in [1.165, 1.54) is 0 Å². The Balaban J connectivity index is 2.00. The first-order valence-corrected chi connectivity index (χ1v) is 3.68. The van der Waals surface area contributed by atoms with Crippen molar-refractivity contribution in [2.75, 3.05) is 13.1 Å². The molecule has 1 aromatic rings. The Morgan fingerprint density at radius 2 is 2.64 bits per heavy atom. The monoisotopic (exact) mass is 150 g/mol. The summed E-state index contributed by atoms with van der Waals surface area (Å²) in [5.41, 5.74) is 0. The minimum Gasteiger partial charge on any atom is -0.370 e. The van der Waals surface area contributed by atoms with Crippen molar-refractivity contribution in [3.8, 4) is 0 Å². The first-order chi connectivity index (χ1) is 5.45. The van der Waals surface area contributed by atoms with E-state index in [2.05, 4.69) is 15.3 Å². The molecule has 1 aliphatic heterocycles. The third-order valence-corrected chi connectivity index (χ3v) is 1.64. The largest absolute Gasteiger partial charge is 0.370 e. The molecular weight excluding hydrogens is 140 g/mol. The van der Waals surface area contributed by atoms with E-state index in [4.69, 9.17) is 0 Å². The molecule has 1 N–H and O–H groups in total. The van der Waals surface area contributed by atoms with Crippen molar-refractivity contribution >= 4 is 5.84 Å². The first-order valence-electron chi connectivity index (χ1n) is 3.68. The van der Waals surface area contributed by atoms with E-state index in [-0.39, 0.29) is 0 Å². The summed E-state index contributed by atoms with van der Waals surface area (Å²) >= 11 is 0. The third kappa shape index (κ3) is 1.39. The highest BCUT2D eigenvalue weighted by atomic mass is 15.1. The van der Waals surface area contributed by atoms with Crippen molar-refractivity contribution in [2.24, 2.45) is 4.99 Å². The highest BCUT2D eigenvalue weighted by Gasteiger charge is 2.03.